The van der Waals surface area contributed by atoms with E-state index in [4.69, 9.17) is 11.6 Å². The van der Waals surface area contributed by atoms with Gasteiger partial charge in [-0.2, -0.15) is 0 Å². The molecule has 2 heteroatoms. The van der Waals surface area contributed by atoms with Gasteiger partial charge in [-0.05, 0) is 101 Å². The van der Waals surface area contributed by atoms with Crippen molar-refractivity contribution in [3.63, 3.8) is 0 Å². The summed E-state index contributed by atoms with van der Waals surface area (Å²) in [5.74, 6) is 0.714. The fourth-order valence-electron chi connectivity index (χ4n) is 5.68. The van der Waals surface area contributed by atoms with Crippen molar-refractivity contribution in [1.29, 1.82) is 0 Å². The molecule has 0 N–H and O–H groups in total. The molecule has 1 saturated carbocycles. The number of nitrogens with zero attached hydrogens (tertiary/aromatic N) is 1. The minimum atomic E-state index is 0.714. The van der Waals surface area contributed by atoms with Gasteiger partial charge in [0.2, 0.25) is 0 Å². The molecule has 0 radical (unpaired) electrons. The van der Waals surface area contributed by atoms with Crippen LogP contribution in [0.15, 0.2) is 127 Å². The number of hydrogen-bond acceptors (Lipinski definition) is 1. The molecule has 1 aliphatic rings. The molecule has 0 saturated heterocycles. The molecule has 0 aliphatic heterocycles. The zero-order chi connectivity index (χ0) is 25.7. The highest BCUT2D eigenvalue weighted by Crippen LogP contribution is 2.38. The van der Waals surface area contributed by atoms with E-state index in [1.54, 1.807) is 0 Å². The molecule has 0 aromatic heterocycles. The van der Waals surface area contributed by atoms with Crippen molar-refractivity contribution in [3.8, 4) is 22.3 Å². The van der Waals surface area contributed by atoms with Crippen LogP contribution in [0.5, 0.6) is 0 Å². The number of hydrogen-bond donors (Lipinski definition) is 0. The highest BCUT2D eigenvalue weighted by atomic mass is 35.5. The van der Waals surface area contributed by atoms with Gasteiger partial charge >= 0.3 is 0 Å². The Bertz CT molecular complexity index is 1470. The SMILES string of the molecule is Clc1ccc(-c2cccc(-c3ccc(N(c4ccccc4)c4ccc(C5CCCCC5)cc4)cc3)c2)cc1. The zero-order valence-corrected chi connectivity index (χ0v) is 22.3. The van der Waals surface area contributed by atoms with Gasteiger partial charge in [-0.15, -0.1) is 0 Å². The van der Waals surface area contributed by atoms with E-state index in [0.717, 1.165) is 16.4 Å². The van der Waals surface area contributed by atoms with Crippen LogP contribution in [-0.2, 0) is 0 Å². The summed E-state index contributed by atoms with van der Waals surface area (Å²) in [6.45, 7) is 0. The first-order valence-corrected chi connectivity index (χ1v) is 14.0. The second-order valence-corrected chi connectivity index (χ2v) is 10.7. The van der Waals surface area contributed by atoms with E-state index >= 15 is 0 Å². The van der Waals surface area contributed by atoms with Gasteiger partial charge in [0.05, 0.1) is 0 Å². The third kappa shape index (κ3) is 5.39. The van der Waals surface area contributed by atoms with Crippen molar-refractivity contribution in [2.24, 2.45) is 0 Å². The van der Waals surface area contributed by atoms with Gasteiger partial charge in [0.25, 0.3) is 0 Å². The highest BCUT2D eigenvalue weighted by molar-refractivity contribution is 6.30. The second-order valence-electron chi connectivity index (χ2n) is 10.2. The molecule has 38 heavy (non-hydrogen) atoms. The lowest BCUT2D eigenvalue weighted by Crippen LogP contribution is -2.10. The van der Waals surface area contributed by atoms with E-state index in [1.165, 1.54) is 65.6 Å². The maximum atomic E-state index is 6.09. The summed E-state index contributed by atoms with van der Waals surface area (Å²) in [6, 6.07) is 45.5. The van der Waals surface area contributed by atoms with E-state index < -0.39 is 0 Å². The maximum Gasteiger partial charge on any atom is 0.0462 e. The van der Waals surface area contributed by atoms with Crippen molar-refractivity contribution < 1.29 is 0 Å². The van der Waals surface area contributed by atoms with Crippen LogP contribution < -0.4 is 4.90 Å². The van der Waals surface area contributed by atoms with Crippen LogP contribution in [0.3, 0.4) is 0 Å². The van der Waals surface area contributed by atoms with Gasteiger partial charge < -0.3 is 4.90 Å². The molecule has 1 fully saturated rings. The van der Waals surface area contributed by atoms with E-state index in [0.29, 0.717) is 5.92 Å². The molecule has 1 aliphatic carbocycles. The van der Waals surface area contributed by atoms with Gasteiger partial charge in [-0.3, -0.25) is 0 Å². The smallest absolute Gasteiger partial charge is 0.0462 e. The van der Waals surface area contributed by atoms with Crippen molar-refractivity contribution >= 4 is 28.7 Å². The Kier molecular flexibility index (Phi) is 7.29. The monoisotopic (exact) mass is 513 g/mol. The molecule has 0 bridgehead atoms. The predicted octanol–water partition coefficient (Wildman–Crippen LogP) is 11.2. The average molecular weight is 514 g/mol. The summed E-state index contributed by atoms with van der Waals surface area (Å²) in [7, 11) is 0. The van der Waals surface area contributed by atoms with Gasteiger partial charge in [0.15, 0.2) is 0 Å². The third-order valence-electron chi connectivity index (χ3n) is 7.74. The van der Waals surface area contributed by atoms with E-state index in [2.05, 4.69) is 120 Å². The molecule has 1 nitrogen and oxygen atoms in total. The molecular weight excluding hydrogens is 482 g/mol. The van der Waals surface area contributed by atoms with Gasteiger partial charge in [-0.1, -0.05) is 104 Å². The van der Waals surface area contributed by atoms with Crippen molar-refractivity contribution in [3.05, 3.63) is 138 Å². The first kappa shape index (κ1) is 24.5. The topological polar surface area (TPSA) is 3.24 Å². The lowest BCUT2D eigenvalue weighted by molar-refractivity contribution is 0.443. The standard InChI is InChI=1S/C36H32ClN/c37-33-20-14-29(15-21-33)31-10-7-11-32(26-31)30-18-24-36(25-19-30)38(34-12-5-2-6-13-34)35-22-16-28(17-23-35)27-8-3-1-4-9-27/h2,5-7,10-27H,1,3-4,8-9H2. The van der Waals surface area contributed by atoms with E-state index in [1.807, 2.05) is 12.1 Å². The van der Waals surface area contributed by atoms with Gasteiger partial charge in [0.1, 0.15) is 0 Å². The Morgan fingerprint density at radius 1 is 0.474 bits per heavy atom. The lowest BCUT2D eigenvalue weighted by Gasteiger charge is -2.27. The largest absolute Gasteiger partial charge is 0.311 e. The summed E-state index contributed by atoms with van der Waals surface area (Å²) in [4.78, 5) is 2.35. The molecule has 0 unspecified atom stereocenters. The molecule has 5 aromatic carbocycles. The minimum absolute atomic E-state index is 0.714. The van der Waals surface area contributed by atoms with Crippen LogP contribution >= 0.6 is 11.6 Å². The van der Waals surface area contributed by atoms with Crippen LogP contribution in [0.2, 0.25) is 5.02 Å². The van der Waals surface area contributed by atoms with Gasteiger partial charge in [-0.25, -0.2) is 0 Å². The van der Waals surface area contributed by atoms with Crippen LogP contribution in [0.4, 0.5) is 17.1 Å². The van der Waals surface area contributed by atoms with Gasteiger partial charge in [0, 0.05) is 22.1 Å². The first-order chi connectivity index (χ1) is 18.7. The number of anilines is 3. The Hall–Kier alpha value is -3.81. The van der Waals surface area contributed by atoms with Crippen molar-refractivity contribution in [2.75, 3.05) is 4.90 Å². The Morgan fingerprint density at radius 3 is 1.61 bits per heavy atom. The summed E-state index contributed by atoms with van der Waals surface area (Å²) < 4.78 is 0. The molecule has 0 amide bonds. The lowest BCUT2D eigenvalue weighted by atomic mass is 9.84. The molecular formula is C36H32ClN. The number of rotatable bonds is 6. The van der Waals surface area contributed by atoms with Crippen LogP contribution in [-0.4, -0.2) is 0 Å². The fourth-order valence-corrected chi connectivity index (χ4v) is 5.81. The first-order valence-electron chi connectivity index (χ1n) is 13.7. The molecule has 188 valence electrons. The molecule has 0 spiro atoms. The summed E-state index contributed by atoms with van der Waals surface area (Å²) in [5, 5.41) is 0.757. The maximum absolute atomic E-state index is 6.09. The number of benzene rings is 5. The zero-order valence-electron chi connectivity index (χ0n) is 21.6. The van der Waals surface area contributed by atoms with Crippen molar-refractivity contribution in [2.45, 2.75) is 38.0 Å². The Labute approximate surface area is 231 Å². The molecule has 5 aromatic rings. The van der Waals surface area contributed by atoms with Crippen LogP contribution in [0.25, 0.3) is 22.3 Å². The quantitative estimate of drug-likeness (QED) is 0.218. The minimum Gasteiger partial charge on any atom is -0.311 e. The second kappa shape index (κ2) is 11.3. The molecule has 6 rings (SSSR count). The third-order valence-corrected chi connectivity index (χ3v) is 7.99. The van der Waals surface area contributed by atoms with Crippen LogP contribution in [0.1, 0.15) is 43.6 Å². The summed E-state index contributed by atoms with van der Waals surface area (Å²) in [6.07, 6.45) is 6.75. The number of halogens is 1. The summed E-state index contributed by atoms with van der Waals surface area (Å²) >= 11 is 6.09. The van der Waals surface area contributed by atoms with Crippen molar-refractivity contribution in [1.82, 2.24) is 0 Å². The number of para-hydroxylation sites is 1. The Morgan fingerprint density at radius 2 is 1.00 bits per heavy atom. The fraction of sp³-hybridized carbons (Fsp3) is 0.167. The van der Waals surface area contributed by atoms with Crippen LogP contribution in [0, 0.1) is 0 Å². The highest BCUT2D eigenvalue weighted by Gasteiger charge is 2.17. The molecule has 0 heterocycles. The van der Waals surface area contributed by atoms with E-state index in [-0.39, 0.29) is 0 Å². The summed E-state index contributed by atoms with van der Waals surface area (Å²) in [5.41, 5.74) is 9.74. The van der Waals surface area contributed by atoms with E-state index in [9.17, 15) is 0 Å². The normalized spacial score (nSPS) is 13.8. The molecule has 0 atom stereocenters. The average Bonchev–Trinajstić information content (AvgIpc) is 2.99. The predicted molar refractivity (Wildman–Crippen MR) is 163 cm³/mol. The Balaban J connectivity index is 1.30.